The van der Waals surface area contributed by atoms with Gasteiger partial charge in [0.05, 0.1) is 62.0 Å². The lowest BCUT2D eigenvalue weighted by atomic mass is 10.0. The normalized spacial score (nSPS) is 19.0. The molecule has 0 aliphatic carbocycles. The molecule has 4 aliphatic heterocycles. The van der Waals surface area contributed by atoms with Gasteiger partial charge in [0.2, 0.25) is 17.7 Å². The highest BCUT2D eigenvalue weighted by atomic mass is 16.6. The van der Waals surface area contributed by atoms with E-state index in [1.165, 1.54) is 38.2 Å². The standard InChI is InChI=1S/C52H63N7O12/c1-28(2)17-45(60)56-46(29(3)4)48(62)54-32(7)47(61)55-34-13-11-33(12-14-34)27-71-52(66)59-39-23-44(42(68-9)21-37(39)50(64)58-26-31(6)19-40(58)51(59)65)70-16-10-15-69-43-22-38-36(20-41(43)67-8)49(63)57-25-30(5)18-35(57)24-53-38/h11-14,20-24,28-29,32,35,40,46,51,65H,5-6,10,15-19,25-27H2,1-4,7-9H3,(H,54,62)(H,55,61)(H,56,60)/t32-,35-,40-,46-,51-/m0/s1. The topological polar surface area (TPSA) is 227 Å². The predicted molar refractivity (Wildman–Crippen MR) is 264 cm³/mol. The number of amides is 6. The van der Waals surface area contributed by atoms with Gasteiger partial charge in [-0.15, -0.1) is 0 Å². The average molecular weight is 978 g/mol. The number of benzene rings is 3. The highest BCUT2D eigenvalue weighted by molar-refractivity contribution is 6.06. The Morgan fingerprint density at radius 3 is 2.06 bits per heavy atom. The third-order valence-corrected chi connectivity index (χ3v) is 12.6. The first-order valence-electron chi connectivity index (χ1n) is 23.7. The number of fused-ring (bicyclic) bond motifs is 4. The van der Waals surface area contributed by atoms with Gasteiger partial charge >= 0.3 is 6.09 Å². The smallest absolute Gasteiger partial charge is 0.416 e. The van der Waals surface area contributed by atoms with E-state index in [-0.39, 0.29) is 91.6 Å². The zero-order chi connectivity index (χ0) is 51.3. The van der Waals surface area contributed by atoms with Gasteiger partial charge in [-0.05, 0) is 61.4 Å². The maximum Gasteiger partial charge on any atom is 0.416 e. The van der Waals surface area contributed by atoms with Crippen LogP contribution in [0.4, 0.5) is 21.9 Å². The minimum Gasteiger partial charge on any atom is -0.493 e. The Morgan fingerprint density at radius 1 is 0.789 bits per heavy atom. The number of ether oxygens (including phenoxy) is 5. The van der Waals surface area contributed by atoms with Crippen molar-refractivity contribution in [2.24, 2.45) is 16.8 Å². The van der Waals surface area contributed by atoms with Crippen LogP contribution in [0.15, 0.2) is 77.8 Å². The van der Waals surface area contributed by atoms with E-state index in [2.05, 4.69) is 34.1 Å². The van der Waals surface area contributed by atoms with Gasteiger partial charge in [0.15, 0.2) is 29.2 Å². The Bertz CT molecular complexity index is 2610. The number of methoxy groups -OCH3 is 2. The molecule has 0 radical (unpaired) electrons. The van der Waals surface area contributed by atoms with E-state index in [0.29, 0.717) is 59.0 Å². The molecule has 3 aromatic carbocycles. The first-order valence-corrected chi connectivity index (χ1v) is 23.7. The van der Waals surface area contributed by atoms with Crippen LogP contribution in [0.3, 0.4) is 0 Å². The molecule has 71 heavy (non-hydrogen) atoms. The fourth-order valence-electron chi connectivity index (χ4n) is 8.87. The quantitative estimate of drug-likeness (QED) is 0.0862. The van der Waals surface area contributed by atoms with Crippen LogP contribution in [0.5, 0.6) is 23.0 Å². The van der Waals surface area contributed by atoms with E-state index in [4.69, 9.17) is 23.7 Å². The number of nitrogens with one attached hydrogen (secondary N) is 3. The summed E-state index contributed by atoms with van der Waals surface area (Å²) in [4.78, 5) is 89.1. The second-order valence-electron chi connectivity index (χ2n) is 18.9. The van der Waals surface area contributed by atoms with Crippen molar-refractivity contribution in [3.05, 3.63) is 89.5 Å². The van der Waals surface area contributed by atoms with Crippen LogP contribution < -0.4 is 39.8 Å². The molecule has 0 bridgehead atoms. The molecule has 2 saturated heterocycles. The largest absolute Gasteiger partial charge is 0.493 e. The molecule has 19 heteroatoms. The molecule has 4 aliphatic rings. The lowest BCUT2D eigenvalue weighted by molar-refractivity contribution is -0.132. The number of anilines is 2. The van der Waals surface area contributed by atoms with Crippen LogP contribution in [0, 0.1) is 11.8 Å². The number of carbonyl (C=O) groups excluding carboxylic acids is 6. The second-order valence-corrected chi connectivity index (χ2v) is 18.9. The number of hydrogen-bond donors (Lipinski definition) is 4. The molecular formula is C52H63N7O12. The van der Waals surface area contributed by atoms with Crippen molar-refractivity contribution in [1.82, 2.24) is 20.4 Å². The van der Waals surface area contributed by atoms with E-state index >= 15 is 0 Å². The third-order valence-electron chi connectivity index (χ3n) is 12.6. The molecule has 378 valence electrons. The van der Waals surface area contributed by atoms with Gasteiger partial charge < -0.3 is 54.5 Å². The van der Waals surface area contributed by atoms with Gasteiger partial charge in [0.25, 0.3) is 11.8 Å². The number of aliphatic hydroxyl groups is 1. The van der Waals surface area contributed by atoms with Crippen molar-refractivity contribution >= 4 is 58.9 Å². The minimum atomic E-state index is -1.53. The molecule has 4 heterocycles. The van der Waals surface area contributed by atoms with Gasteiger partial charge in [-0.3, -0.25) is 29.0 Å². The van der Waals surface area contributed by atoms with Crippen LogP contribution >= 0.6 is 0 Å². The van der Waals surface area contributed by atoms with Crippen molar-refractivity contribution in [3.63, 3.8) is 0 Å². The number of hydrogen-bond acceptors (Lipinski definition) is 13. The molecule has 0 unspecified atom stereocenters. The highest BCUT2D eigenvalue weighted by Crippen LogP contribution is 2.43. The molecule has 5 atom stereocenters. The first kappa shape index (κ1) is 51.4. The number of nitrogens with zero attached hydrogens (tertiary/aromatic N) is 4. The van der Waals surface area contributed by atoms with Gasteiger partial charge in [-0.1, -0.05) is 64.1 Å². The van der Waals surface area contributed by atoms with Gasteiger partial charge in [0, 0.05) is 50.0 Å². The van der Waals surface area contributed by atoms with Crippen molar-refractivity contribution in [1.29, 1.82) is 0 Å². The molecule has 4 N–H and O–H groups in total. The molecule has 0 spiro atoms. The van der Waals surface area contributed by atoms with E-state index in [1.807, 2.05) is 27.7 Å². The summed E-state index contributed by atoms with van der Waals surface area (Å²) in [6.07, 6.45) is 0.831. The van der Waals surface area contributed by atoms with E-state index in [9.17, 15) is 33.9 Å². The van der Waals surface area contributed by atoms with Crippen molar-refractivity contribution in [3.8, 4) is 23.0 Å². The zero-order valence-electron chi connectivity index (χ0n) is 41.2. The average Bonchev–Trinajstić information content (AvgIpc) is 3.87. The number of aliphatic imine (C=N–C) groups is 1. The molecule has 6 amide bonds. The van der Waals surface area contributed by atoms with Crippen LogP contribution in [-0.4, -0.2) is 128 Å². The van der Waals surface area contributed by atoms with Crippen molar-refractivity contribution < 1.29 is 57.6 Å². The Labute approximate surface area is 413 Å². The fourth-order valence-corrected chi connectivity index (χ4v) is 8.87. The Balaban J connectivity index is 0.996. The SMILES string of the molecule is C=C1C[C@H]2C=Nc3cc(OCCCOc4cc5c(cc4OC)C(=O)N4CC(=C)C[C@H]4[C@H](O)N5C(=O)OCc4ccc(NC(=O)[C@H](C)NC(=O)[C@@H](NC(=O)CC(C)C)C(C)C)cc4)c(OC)cc3C(=O)N2C1. The minimum absolute atomic E-state index is 0.0473. The lowest BCUT2D eigenvalue weighted by Crippen LogP contribution is -2.53. The molecule has 0 aromatic heterocycles. The summed E-state index contributed by atoms with van der Waals surface area (Å²) in [5.74, 6) is -0.736. The van der Waals surface area contributed by atoms with Gasteiger partial charge in [-0.25, -0.2) is 9.69 Å². The van der Waals surface area contributed by atoms with Crippen LogP contribution in [0.2, 0.25) is 0 Å². The summed E-state index contributed by atoms with van der Waals surface area (Å²) in [6.45, 7) is 17.7. The predicted octanol–water partition coefficient (Wildman–Crippen LogP) is 5.91. The van der Waals surface area contributed by atoms with Gasteiger partial charge in [0.1, 0.15) is 18.7 Å². The summed E-state index contributed by atoms with van der Waals surface area (Å²) in [7, 11) is 2.92. The number of carbonyl (C=O) groups is 6. The molecule has 0 saturated carbocycles. The lowest BCUT2D eigenvalue weighted by Gasteiger charge is -2.31. The van der Waals surface area contributed by atoms with Crippen LogP contribution in [-0.2, 0) is 25.7 Å². The third kappa shape index (κ3) is 11.6. The fraction of sp³-hybridized carbons (Fsp3) is 0.442. The number of aliphatic hydroxyl groups excluding tert-OH is 1. The molecule has 3 aromatic rings. The van der Waals surface area contributed by atoms with Crippen LogP contribution in [0.25, 0.3) is 0 Å². The summed E-state index contributed by atoms with van der Waals surface area (Å²) >= 11 is 0. The number of rotatable bonds is 18. The molecule has 7 rings (SSSR count). The summed E-state index contributed by atoms with van der Waals surface area (Å²) < 4.78 is 29.3. The zero-order valence-corrected chi connectivity index (χ0v) is 41.2. The van der Waals surface area contributed by atoms with E-state index < -0.39 is 48.2 Å². The maximum absolute atomic E-state index is 14.1. The molecule has 19 nitrogen and oxygen atoms in total. The monoisotopic (exact) mass is 977 g/mol. The maximum atomic E-state index is 14.1. The Hall–Kier alpha value is -7.41. The van der Waals surface area contributed by atoms with E-state index in [0.717, 1.165) is 10.5 Å². The van der Waals surface area contributed by atoms with Crippen molar-refractivity contribution in [2.75, 3.05) is 50.7 Å². The highest BCUT2D eigenvalue weighted by Gasteiger charge is 2.46. The second kappa shape index (κ2) is 22.1. The van der Waals surface area contributed by atoms with Crippen LogP contribution in [0.1, 0.15) is 86.6 Å². The first-order chi connectivity index (χ1) is 33.9. The Kier molecular flexibility index (Phi) is 16.0. The summed E-state index contributed by atoms with van der Waals surface area (Å²) in [5.41, 5.74) is 3.63. The van der Waals surface area contributed by atoms with Crippen molar-refractivity contribution in [2.45, 2.75) is 97.3 Å². The van der Waals surface area contributed by atoms with Gasteiger partial charge in [-0.2, -0.15) is 0 Å². The summed E-state index contributed by atoms with van der Waals surface area (Å²) in [5, 5.41) is 20.1. The molecular weight excluding hydrogens is 915 g/mol. The summed E-state index contributed by atoms with van der Waals surface area (Å²) in [6, 6.07) is 10.0. The van der Waals surface area contributed by atoms with E-state index in [1.54, 1.807) is 47.5 Å². The Morgan fingerprint density at radius 2 is 1.41 bits per heavy atom. The molecule has 2 fully saturated rings.